The molecular weight excluding hydrogens is 361 g/mol. The third-order valence-electron chi connectivity index (χ3n) is 3.04. The molecule has 9 heteroatoms. The molecule has 0 aliphatic carbocycles. The molecule has 0 unspecified atom stereocenters. The van der Waals surface area contributed by atoms with Crippen LogP contribution in [0, 0.1) is 10.1 Å². The van der Waals surface area contributed by atoms with E-state index in [0.717, 1.165) is 6.04 Å². The van der Waals surface area contributed by atoms with Crippen LogP contribution < -0.4 is 4.74 Å². The Bertz CT molecular complexity index is 551. The van der Waals surface area contributed by atoms with Crippen LogP contribution in [0.15, 0.2) is 12.1 Å². The SMILES string of the molecule is C[Si](C)(C)CCOCOc1ccc(Cl)c(Cl)c1[C@@H](O)C[N+](=O)[O-]. The number of aliphatic hydroxyl groups excluding tert-OH is 1. The second-order valence-electron chi connectivity index (χ2n) is 6.29. The Hall–Kier alpha value is -0.863. The highest BCUT2D eigenvalue weighted by Gasteiger charge is 2.24. The maximum Gasteiger partial charge on any atom is 0.233 e. The quantitative estimate of drug-likeness (QED) is 0.230. The molecule has 0 fully saturated rings. The number of hydrogen-bond donors (Lipinski definition) is 1. The van der Waals surface area contributed by atoms with Crippen LogP contribution in [-0.4, -0.2) is 38.0 Å². The lowest BCUT2D eigenvalue weighted by Gasteiger charge is -2.18. The predicted molar refractivity (Wildman–Crippen MR) is 92.9 cm³/mol. The zero-order valence-corrected chi connectivity index (χ0v) is 15.9. The third-order valence-corrected chi connectivity index (χ3v) is 5.57. The van der Waals surface area contributed by atoms with Gasteiger partial charge in [-0.3, -0.25) is 10.1 Å². The Balaban J connectivity index is 2.74. The summed E-state index contributed by atoms with van der Waals surface area (Å²) in [6, 6.07) is 4.01. The van der Waals surface area contributed by atoms with Crippen molar-refractivity contribution in [3.05, 3.63) is 37.9 Å². The number of ether oxygens (including phenoxy) is 2. The molecule has 0 amide bonds. The van der Waals surface area contributed by atoms with E-state index >= 15 is 0 Å². The first-order chi connectivity index (χ1) is 10.6. The topological polar surface area (TPSA) is 81.8 Å². The van der Waals surface area contributed by atoms with Gasteiger partial charge in [0, 0.05) is 25.2 Å². The van der Waals surface area contributed by atoms with Gasteiger partial charge < -0.3 is 14.6 Å². The van der Waals surface area contributed by atoms with Crippen LogP contribution in [0.1, 0.15) is 11.7 Å². The van der Waals surface area contributed by atoms with E-state index < -0.39 is 25.6 Å². The predicted octanol–water partition coefficient (Wildman–Crippen LogP) is 3.99. The lowest BCUT2D eigenvalue weighted by molar-refractivity contribution is -0.491. The fraction of sp³-hybridized carbons (Fsp3) is 0.571. The number of rotatable bonds is 9. The fourth-order valence-corrected chi connectivity index (χ4v) is 2.96. The molecule has 0 radical (unpaired) electrons. The summed E-state index contributed by atoms with van der Waals surface area (Å²) in [5, 5.41) is 20.8. The van der Waals surface area contributed by atoms with Gasteiger partial charge in [0.1, 0.15) is 11.9 Å². The van der Waals surface area contributed by atoms with Crippen LogP contribution in [0.5, 0.6) is 5.75 Å². The molecule has 0 aromatic heterocycles. The molecule has 0 aliphatic rings. The molecule has 1 aromatic carbocycles. The Morgan fingerprint density at radius 3 is 2.57 bits per heavy atom. The average Bonchev–Trinajstić information content (AvgIpc) is 2.40. The van der Waals surface area contributed by atoms with Crippen molar-refractivity contribution in [2.45, 2.75) is 31.8 Å². The van der Waals surface area contributed by atoms with E-state index in [9.17, 15) is 15.2 Å². The van der Waals surface area contributed by atoms with Crippen LogP contribution in [-0.2, 0) is 4.74 Å². The summed E-state index contributed by atoms with van der Waals surface area (Å²) < 4.78 is 10.9. The summed E-state index contributed by atoms with van der Waals surface area (Å²) in [6.07, 6.45) is -1.41. The Morgan fingerprint density at radius 2 is 2.00 bits per heavy atom. The molecule has 0 saturated carbocycles. The zero-order chi connectivity index (χ0) is 17.6. The minimum atomic E-state index is -1.41. The monoisotopic (exact) mass is 381 g/mol. The van der Waals surface area contributed by atoms with Crippen molar-refractivity contribution in [3.63, 3.8) is 0 Å². The van der Waals surface area contributed by atoms with Crippen LogP contribution >= 0.6 is 23.2 Å². The van der Waals surface area contributed by atoms with E-state index in [1.807, 2.05) is 0 Å². The number of halogens is 2. The highest BCUT2D eigenvalue weighted by Crippen LogP contribution is 2.37. The molecule has 6 nitrogen and oxygen atoms in total. The van der Waals surface area contributed by atoms with Crippen molar-refractivity contribution in [2.24, 2.45) is 0 Å². The number of benzene rings is 1. The summed E-state index contributed by atoms with van der Waals surface area (Å²) >= 11 is 12.0. The van der Waals surface area contributed by atoms with Crippen molar-refractivity contribution >= 4 is 31.3 Å². The van der Waals surface area contributed by atoms with Crippen molar-refractivity contribution in [3.8, 4) is 5.75 Å². The Morgan fingerprint density at radius 1 is 1.35 bits per heavy atom. The van der Waals surface area contributed by atoms with Crippen molar-refractivity contribution in [1.82, 2.24) is 0 Å². The van der Waals surface area contributed by atoms with Gasteiger partial charge in [-0.05, 0) is 18.2 Å². The van der Waals surface area contributed by atoms with Gasteiger partial charge in [-0.1, -0.05) is 42.8 Å². The largest absolute Gasteiger partial charge is 0.467 e. The molecule has 1 atom stereocenters. The van der Waals surface area contributed by atoms with Gasteiger partial charge in [0.05, 0.1) is 10.0 Å². The first-order valence-corrected chi connectivity index (χ1v) is 11.6. The van der Waals surface area contributed by atoms with Gasteiger partial charge >= 0.3 is 0 Å². The standard InChI is InChI=1S/C14H21Cl2NO5Si/c1-23(2,3)7-6-21-9-22-12-5-4-10(15)14(16)13(12)11(18)8-17(19)20/h4-5,11,18H,6-9H2,1-3H3/t11-/m0/s1. The molecular formula is C14H21Cl2NO5Si. The lowest BCUT2D eigenvalue weighted by Crippen LogP contribution is -2.22. The second-order valence-corrected chi connectivity index (χ2v) is 12.7. The van der Waals surface area contributed by atoms with Gasteiger partial charge in [0.15, 0.2) is 6.79 Å². The van der Waals surface area contributed by atoms with Crippen LogP contribution in [0.3, 0.4) is 0 Å². The average molecular weight is 382 g/mol. The number of hydrogen-bond acceptors (Lipinski definition) is 5. The molecule has 0 spiro atoms. The van der Waals surface area contributed by atoms with Gasteiger partial charge in [-0.25, -0.2) is 0 Å². The summed E-state index contributed by atoms with van der Waals surface area (Å²) in [5.41, 5.74) is 0.102. The van der Waals surface area contributed by atoms with E-state index in [1.54, 1.807) is 0 Å². The maximum absolute atomic E-state index is 10.6. The Labute approximate surface area is 146 Å². The summed E-state index contributed by atoms with van der Waals surface area (Å²) in [5.74, 6) is 0.224. The van der Waals surface area contributed by atoms with Crippen molar-refractivity contribution < 1.29 is 19.5 Å². The molecule has 0 saturated heterocycles. The number of aliphatic hydroxyl groups is 1. The van der Waals surface area contributed by atoms with Crippen LogP contribution in [0.4, 0.5) is 0 Å². The van der Waals surface area contributed by atoms with Crippen LogP contribution in [0.25, 0.3) is 0 Å². The van der Waals surface area contributed by atoms with Crippen molar-refractivity contribution in [2.75, 3.05) is 19.9 Å². The van der Waals surface area contributed by atoms with E-state index in [1.165, 1.54) is 12.1 Å². The molecule has 0 heterocycles. The maximum atomic E-state index is 10.6. The highest BCUT2D eigenvalue weighted by molar-refractivity contribution is 6.76. The van der Waals surface area contributed by atoms with Crippen LogP contribution in [0.2, 0.25) is 35.7 Å². The summed E-state index contributed by atoms with van der Waals surface area (Å²) in [6.45, 7) is 6.57. The van der Waals surface area contributed by atoms with E-state index in [2.05, 4.69) is 19.6 Å². The molecule has 1 N–H and O–H groups in total. The van der Waals surface area contributed by atoms with Crippen molar-refractivity contribution in [1.29, 1.82) is 0 Å². The van der Waals surface area contributed by atoms with E-state index in [0.29, 0.717) is 6.61 Å². The summed E-state index contributed by atoms with van der Waals surface area (Å²) in [7, 11) is -1.18. The second kappa shape index (κ2) is 8.84. The number of nitro groups is 1. The first kappa shape index (κ1) is 20.2. The van der Waals surface area contributed by atoms with Gasteiger partial charge in [-0.2, -0.15) is 0 Å². The van der Waals surface area contributed by atoms with Gasteiger partial charge in [-0.15, -0.1) is 0 Å². The highest BCUT2D eigenvalue weighted by atomic mass is 35.5. The molecule has 1 rings (SSSR count). The van der Waals surface area contributed by atoms with E-state index in [4.69, 9.17) is 32.7 Å². The minimum absolute atomic E-state index is 0.0272. The van der Waals surface area contributed by atoms with E-state index in [-0.39, 0.29) is 28.2 Å². The smallest absolute Gasteiger partial charge is 0.233 e. The normalized spacial score (nSPS) is 13.0. The third kappa shape index (κ3) is 7.05. The zero-order valence-electron chi connectivity index (χ0n) is 13.3. The summed E-state index contributed by atoms with van der Waals surface area (Å²) in [4.78, 5) is 9.96. The molecule has 23 heavy (non-hydrogen) atoms. The molecule has 1 aromatic rings. The number of nitrogens with zero attached hydrogens (tertiary/aromatic N) is 1. The Kier molecular flexibility index (Phi) is 7.76. The molecule has 0 aliphatic heterocycles. The minimum Gasteiger partial charge on any atom is -0.467 e. The first-order valence-electron chi connectivity index (χ1n) is 7.10. The van der Waals surface area contributed by atoms with Gasteiger partial charge in [0.2, 0.25) is 6.54 Å². The molecule has 130 valence electrons. The van der Waals surface area contributed by atoms with Gasteiger partial charge in [0.25, 0.3) is 0 Å². The molecule has 0 bridgehead atoms. The fourth-order valence-electron chi connectivity index (χ4n) is 1.76. The lowest BCUT2D eigenvalue weighted by atomic mass is 10.1.